The lowest BCUT2D eigenvalue weighted by Crippen LogP contribution is -2.12. The third-order valence-corrected chi connectivity index (χ3v) is 5.07. The minimum Gasteiger partial charge on any atom is -0.0602 e. The molecule has 1 saturated heterocycles. The van der Waals surface area contributed by atoms with Gasteiger partial charge >= 0.3 is 0 Å². The van der Waals surface area contributed by atoms with E-state index < -0.39 is 0 Å². The van der Waals surface area contributed by atoms with Crippen LogP contribution in [0.4, 0.5) is 0 Å². The van der Waals surface area contributed by atoms with Crippen LogP contribution in [0.2, 0.25) is 0 Å². The molecule has 0 nitrogen and oxygen atoms in total. The van der Waals surface area contributed by atoms with Crippen LogP contribution in [0.1, 0.15) is 46.5 Å². The summed E-state index contributed by atoms with van der Waals surface area (Å²) in [5, 5.41) is 0. The standard InChI is InChI=1S/C11H23S/c1-11(2,3)7-6-10-12-8-4-5-9-12/h4-10H2,1-3H3/q+1. The van der Waals surface area contributed by atoms with Crippen molar-refractivity contribution >= 4 is 10.9 Å². The Morgan fingerprint density at radius 3 is 2.17 bits per heavy atom. The van der Waals surface area contributed by atoms with Crippen molar-refractivity contribution in [3.05, 3.63) is 0 Å². The highest BCUT2D eigenvalue weighted by molar-refractivity contribution is 7.97. The lowest BCUT2D eigenvalue weighted by Gasteiger charge is -2.16. The molecule has 1 heterocycles. The second-order valence-electron chi connectivity index (χ2n) is 5.10. The van der Waals surface area contributed by atoms with Gasteiger partial charge in [0.15, 0.2) is 0 Å². The zero-order valence-corrected chi connectivity index (χ0v) is 9.67. The first kappa shape index (κ1) is 10.4. The molecule has 0 spiro atoms. The van der Waals surface area contributed by atoms with E-state index in [1.54, 1.807) is 11.5 Å². The Morgan fingerprint density at radius 1 is 1.08 bits per heavy atom. The van der Waals surface area contributed by atoms with Gasteiger partial charge in [0.25, 0.3) is 0 Å². The number of rotatable bonds is 3. The Hall–Kier alpha value is 0.350. The Labute approximate surface area is 80.5 Å². The van der Waals surface area contributed by atoms with Gasteiger partial charge in [-0.25, -0.2) is 0 Å². The van der Waals surface area contributed by atoms with Crippen molar-refractivity contribution in [3.63, 3.8) is 0 Å². The number of hydrogen-bond donors (Lipinski definition) is 0. The first-order chi connectivity index (χ1) is 5.58. The largest absolute Gasteiger partial charge is 0.108 e. The molecule has 1 heteroatoms. The molecule has 0 radical (unpaired) electrons. The minimum atomic E-state index is 0.559. The molecule has 0 unspecified atom stereocenters. The zero-order chi connectivity index (χ0) is 9.03. The van der Waals surface area contributed by atoms with Crippen LogP contribution >= 0.6 is 0 Å². The predicted molar refractivity (Wildman–Crippen MR) is 59.9 cm³/mol. The minimum absolute atomic E-state index is 0.559. The van der Waals surface area contributed by atoms with E-state index in [2.05, 4.69) is 20.8 Å². The molecular formula is C11H23S+. The fourth-order valence-electron chi connectivity index (χ4n) is 1.73. The number of hydrogen-bond acceptors (Lipinski definition) is 0. The van der Waals surface area contributed by atoms with Crippen molar-refractivity contribution in [2.45, 2.75) is 46.5 Å². The molecule has 0 aromatic carbocycles. The van der Waals surface area contributed by atoms with Crippen LogP contribution in [0.5, 0.6) is 0 Å². The first-order valence-corrected chi connectivity index (χ1v) is 6.95. The topological polar surface area (TPSA) is 0 Å². The molecule has 0 N–H and O–H groups in total. The Kier molecular flexibility index (Phi) is 3.95. The third-order valence-electron chi connectivity index (χ3n) is 2.48. The van der Waals surface area contributed by atoms with E-state index in [1.165, 1.54) is 31.4 Å². The van der Waals surface area contributed by atoms with Crippen LogP contribution in [0, 0.1) is 5.41 Å². The van der Waals surface area contributed by atoms with Crippen LogP contribution < -0.4 is 0 Å². The molecule has 12 heavy (non-hydrogen) atoms. The molecule has 0 bridgehead atoms. The monoisotopic (exact) mass is 187 g/mol. The summed E-state index contributed by atoms with van der Waals surface area (Å²) in [6.07, 6.45) is 5.90. The van der Waals surface area contributed by atoms with Gasteiger partial charge in [-0.15, -0.1) is 0 Å². The first-order valence-electron chi connectivity index (χ1n) is 5.22. The van der Waals surface area contributed by atoms with Gasteiger partial charge in [-0.3, -0.25) is 0 Å². The summed E-state index contributed by atoms with van der Waals surface area (Å²) in [4.78, 5) is 0. The highest BCUT2D eigenvalue weighted by atomic mass is 32.2. The van der Waals surface area contributed by atoms with E-state index in [-0.39, 0.29) is 0 Å². The van der Waals surface area contributed by atoms with Crippen LogP contribution in [-0.4, -0.2) is 17.3 Å². The van der Waals surface area contributed by atoms with Crippen molar-refractivity contribution in [1.29, 1.82) is 0 Å². The van der Waals surface area contributed by atoms with Gasteiger partial charge in [0.1, 0.15) is 17.3 Å². The lowest BCUT2D eigenvalue weighted by atomic mass is 9.91. The fraction of sp³-hybridized carbons (Fsp3) is 1.00. The average molecular weight is 187 g/mol. The fourth-order valence-corrected chi connectivity index (χ4v) is 4.11. The SMILES string of the molecule is CC(C)(C)CCC[S+]1CCCC1. The molecule has 72 valence electrons. The molecule has 0 aromatic rings. The second kappa shape index (κ2) is 4.55. The van der Waals surface area contributed by atoms with Gasteiger partial charge in [0, 0.05) is 0 Å². The van der Waals surface area contributed by atoms with Crippen LogP contribution in [0.25, 0.3) is 0 Å². The van der Waals surface area contributed by atoms with Crippen molar-refractivity contribution in [1.82, 2.24) is 0 Å². The maximum Gasteiger partial charge on any atom is 0.108 e. The van der Waals surface area contributed by atoms with Crippen molar-refractivity contribution < 1.29 is 0 Å². The van der Waals surface area contributed by atoms with E-state index >= 15 is 0 Å². The Morgan fingerprint density at radius 2 is 1.67 bits per heavy atom. The summed E-state index contributed by atoms with van der Waals surface area (Å²) in [7, 11) is 0.838. The molecule has 0 amide bonds. The quantitative estimate of drug-likeness (QED) is 0.595. The summed E-state index contributed by atoms with van der Waals surface area (Å²) in [6, 6.07) is 0. The molecule has 0 saturated carbocycles. The molecule has 1 aliphatic heterocycles. The van der Waals surface area contributed by atoms with Gasteiger partial charge < -0.3 is 0 Å². The predicted octanol–water partition coefficient (Wildman–Crippen LogP) is 3.22. The Balaban J connectivity index is 2.02. The van der Waals surface area contributed by atoms with Crippen LogP contribution in [0.15, 0.2) is 0 Å². The maximum absolute atomic E-state index is 2.35. The summed E-state index contributed by atoms with van der Waals surface area (Å²) in [6.45, 7) is 7.06. The Bertz CT molecular complexity index is 117. The lowest BCUT2D eigenvalue weighted by molar-refractivity contribution is 0.374. The molecule has 0 atom stereocenters. The zero-order valence-electron chi connectivity index (χ0n) is 8.86. The molecular weight excluding hydrogens is 164 g/mol. The normalized spacial score (nSPS) is 20.2. The van der Waals surface area contributed by atoms with Crippen LogP contribution in [0.3, 0.4) is 0 Å². The van der Waals surface area contributed by atoms with Crippen LogP contribution in [-0.2, 0) is 10.9 Å². The van der Waals surface area contributed by atoms with Gasteiger partial charge in [0.2, 0.25) is 0 Å². The third kappa shape index (κ3) is 4.39. The highest BCUT2D eigenvalue weighted by Crippen LogP contribution is 2.22. The van der Waals surface area contributed by atoms with E-state index in [4.69, 9.17) is 0 Å². The summed E-state index contributed by atoms with van der Waals surface area (Å²) >= 11 is 0. The van der Waals surface area contributed by atoms with Crippen molar-refractivity contribution in [2.75, 3.05) is 17.3 Å². The smallest absolute Gasteiger partial charge is 0.0602 e. The summed E-state index contributed by atoms with van der Waals surface area (Å²) in [5.74, 6) is 4.62. The van der Waals surface area contributed by atoms with E-state index in [0.29, 0.717) is 5.41 Å². The average Bonchev–Trinajstić information content (AvgIpc) is 2.36. The van der Waals surface area contributed by atoms with E-state index in [1.807, 2.05) is 0 Å². The molecule has 1 fully saturated rings. The maximum atomic E-state index is 2.35. The summed E-state index contributed by atoms with van der Waals surface area (Å²) in [5.41, 5.74) is 0.559. The summed E-state index contributed by atoms with van der Waals surface area (Å²) < 4.78 is 0. The molecule has 1 aliphatic rings. The van der Waals surface area contributed by atoms with Crippen molar-refractivity contribution in [2.24, 2.45) is 5.41 Å². The van der Waals surface area contributed by atoms with E-state index in [9.17, 15) is 0 Å². The molecule has 0 aliphatic carbocycles. The highest BCUT2D eigenvalue weighted by Gasteiger charge is 2.23. The van der Waals surface area contributed by atoms with Gasteiger partial charge in [-0.2, -0.15) is 0 Å². The van der Waals surface area contributed by atoms with Crippen molar-refractivity contribution in [3.8, 4) is 0 Å². The van der Waals surface area contributed by atoms with E-state index in [0.717, 1.165) is 10.9 Å². The second-order valence-corrected chi connectivity index (χ2v) is 7.55. The molecule has 0 aromatic heterocycles. The van der Waals surface area contributed by atoms with Gasteiger partial charge in [-0.1, -0.05) is 20.8 Å². The molecule has 1 rings (SSSR count). The van der Waals surface area contributed by atoms with Gasteiger partial charge in [-0.05, 0) is 42.0 Å². The van der Waals surface area contributed by atoms with Gasteiger partial charge in [0.05, 0.1) is 0 Å².